The average molecular weight is 223 g/mol. The maximum Gasteiger partial charge on any atom is 0.322 e. The van der Waals surface area contributed by atoms with Crippen molar-refractivity contribution in [1.82, 2.24) is 0 Å². The van der Waals surface area contributed by atoms with Gasteiger partial charge in [0.1, 0.15) is 6.04 Å². The van der Waals surface area contributed by atoms with Gasteiger partial charge in [0, 0.05) is 0 Å². The number of hydrogen-bond donors (Lipinski definition) is 1. The number of hydrogen-bond acceptors (Lipinski definition) is 5. The summed E-state index contributed by atoms with van der Waals surface area (Å²) in [5, 5.41) is 0. The molecule has 1 aliphatic heterocycles. The van der Waals surface area contributed by atoms with Gasteiger partial charge in [-0.3, -0.25) is 4.79 Å². The quantitative estimate of drug-likeness (QED) is 0.754. The number of fused-ring (bicyclic) bond motifs is 1. The highest BCUT2D eigenvalue weighted by atomic mass is 16.7. The molecule has 5 heteroatoms. The van der Waals surface area contributed by atoms with Crippen LogP contribution in [0.3, 0.4) is 0 Å². The van der Waals surface area contributed by atoms with Crippen molar-refractivity contribution < 1.29 is 19.0 Å². The summed E-state index contributed by atoms with van der Waals surface area (Å²) in [4.78, 5) is 11.1. The SMILES string of the molecule is COC(=O)C(N)Cc1ccc2c(c1)OCO2. The Balaban J connectivity index is 2.08. The fraction of sp³-hybridized carbons (Fsp3) is 0.364. The molecule has 1 aromatic rings. The molecule has 0 saturated carbocycles. The number of carbonyl (C=O) groups excluding carboxylic acids is 1. The standard InChI is InChI=1S/C11H13NO4/c1-14-11(13)8(12)4-7-2-3-9-10(5-7)16-6-15-9/h2-3,5,8H,4,6,12H2,1H3. The average Bonchev–Trinajstić information content (AvgIpc) is 2.75. The van der Waals surface area contributed by atoms with Gasteiger partial charge in [-0.05, 0) is 24.1 Å². The van der Waals surface area contributed by atoms with Crippen molar-refractivity contribution >= 4 is 5.97 Å². The van der Waals surface area contributed by atoms with Crippen molar-refractivity contribution in [3.63, 3.8) is 0 Å². The molecule has 0 fully saturated rings. The van der Waals surface area contributed by atoms with E-state index >= 15 is 0 Å². The van der Waals surface area contributed by atoms with Crippen LogP contribution in [0.4, 0.5) is 0 Å². The van der Waals surface area contributed by atoms with E-state index in [0.29, 0.717) is 12.2 Å². The lowest BCUT2D eigenvalue weighted by molar-refractivity contribution is -0.142. The van der Waals surface area contributed by atoms with Gasteiger partial charge in [-0.15, -0.1) is 0 Å². The summed E-state index contributed by atoms with van der Waals surface area (Å²) >= 11 is 0. The first-order chi connectivity index (χ1) is 7.70. The van der Waals surface area contributed by atoms with Crippen LogP contribution in [-0.4, -0.2) is 25.9 Å². The van der Waals surface area contributed by atoms with Crippen LogP contribution < -0.4 is 15.2 Å². The molecule has 0 aliphatic carbocycles. The lowest BCUT2D eigenvalue weighted by atomic mass is 10.1. The van der Waals surface area contributed by atoms with Gasteiger partial charge in [-0.2, -0.15) is 0 Å². The Morgan fingerprint density at radius 1 is 1.50 bits per heavy atom. The van der Waals surface area contributed by atoms with E-state index in [9.17, 15) is 4.79 Å². The number of carbonyl (C=O) groups is 1. The number of nitrogens with two attached hydrogens (primary N) is 1. The highest BCUT2D eigenvalue weighted by Gasteiger charge is 2.17. The van der Waals surface area contributed by atoms with Gasteiger partial charge in [0.15, 0.2) is 11.5 Å². The Hall–Kier alpha value is -1.75. The minimum absolute atomic E-state index is 0.238. The van der Waals surface area contributed by atoms with E-state index in [1.807, 2.05) is 18.2 Å². The van der Waals surface area contributed by atoms with E-state index in [4.69, 9.17) is 15.2 Å². The van der Waals surface area contributed by atoms with Crippen molar-refractivity contribution in [2.24, 2.45) is 5.73 Å². The second-order valence-corrected chi connectivity index (χ2v) is 3.52. The molecule has 2 rings (SSSR count). The first-order valence-electron chi connectivity index (χ1n) is 4.92. The molecule has 2 N–H and O–H groups in total. The van der Waals surface area contributed by atoms with Crippen molar-refractivity contribution in [2.45, 2.75) is 12.5 Å². The van der Waals surface area contributed by atoms with Gasteiger partial charge in [0.2, 0.25) is 6.79 Å². The molecule has 0 saturated heterocycles. The fourth-order valence-electron chi connectivity index (χ4n) is 1.56. The maximum absolute atomic E-state index is 11.1. The number of rotatable bonds is 3. The van der Waals surface area contributed by atoms with Gasteiger partial charge in [0.25, 0.3) is 0 Å². The summed E-state index contributed by atoms with van der Waals surface area (Å²) in [5.41, 5.74) is 6.58. The van der Waals surface area contributed by atoms with Gasteiger partial charge >= 0.3 is 5.97 Å². The zero-order valence-corrected chi connectivity index (χ0v) is 8.93. The molecule has 1 aromatic carbocycles. The van der Waals surface area contributed by atoms with Crippen LogP contribution >= 0.6 is 0 Å². The Labute approximate surface area is 93.1 Å². The third-order valence-electron chi connectivity index (χ3n) is 2.40. The zero-order valence-electron chi connectivity index (χ0n) is 8.93. The van der Waals surface area contributed by atoms with E-state index in [1.165, 1.54) is 7.11 Å². The lowest BCUT2D eigenvalue weighted by Gasteiger charge is -2.09. The minimum atomic E-state index is -0.648. The lowest BCUT2D eigenvalue weighted by Crippen LogP contribution is -2.33. The second kappa shape index (κ2) is 4.40. The molecule has 0 aromatic heterocycles. The van der Waals surface area contributed by atoms with E-state index in [0.717, 1.165) is 11.3 Å². The number of ether oxygens (including phenoxy) is 3. The van der Waals surface area contributed by atoms with Crippen molar-refractivity contribution in [3.8, 4) is 11.5 Å². The molecule has 0 bridgehead atoms. The van der Waals surface area contributed by atoms with Crippen LogP contribution in [0.5, 0.6) is 11.5 Å². The molecule has 0 radical (unpaired) electrons. The van der Waals surface area contributed by atoms with Crippen molar-refractivity contribution in [1.29, 1.82) is 0 Å². The first kappa shape index (κ1) is 10.8. The second-order valence-electron chi connectivity index (χ2n) is 3.52. The van der Waals surface area contributed by atoms with E-state index in [1.54, 1.807) is 0 Å². The molecule has 1 aliphatic rings. The van der Waals surface area contributed by atoms with E-state index in [-0.39, 0.29) is 6.79 Å². The fourth-order valence-corrected chi connectivity index (χ4v) is 1.56. The van der Waals surface area contributed by atoms with E-state index in [2.05, 4.69) is 4.74 Å². The molecule has 86 valence electrons. The van der Waals surface area contributed by atoms with Crippen LogP contribution in [0.25, 0.3) is 0 Å². The van der Waals surface area contributed by atoms with E-state index < -0.39 is 12.0 Å². The maximum atomic E-state index is 11.1. The van der Waals surface area contributed by atoms with Crippen LogP contribution in [0.2, 0.25) is 0 Å². The molecule has 16 heavy (non-hydrogen) atoms. The third kappa shape index (κ3) is 2.09. The molecule has 1 atom stereocenters. The summed E-state index contributed by atoms with van der Waals surface area (Å²) < 4.78 is 15.0. The van der Waals surface area contributed by atoms with Crippen molar-refractivity contribution in [2.75, 3.05) is 13.9 Å². The Kier molecular flexibility index (Phi) is 2.96. The van der Waals surface area contributed by atoms with Crippen LogP contribution in [0, 0.1) is 0 Å². The summed E-state index contributed by atoms with van der Waals surface area (Å²) in [5.74, 6) is 0.989. The summed E-state index contributed by atoms with van der Waals surface area (Å²) in [6, 6.07) is 4.84. The summed E-state index contributed by atoms with van der Waals surface area (Å²) in [6.45, 7) is 0.238. The zero-order chi connectivity index (χ0) is 11.5. The van der Waals surface area contributed by atoms with Crippen LogP contribution in [0.1, 0.15) is 5.56 Å². The van der Waals surface area contributed by atoms with Gasteiger partial charge in [-0.1, -0.05) is 6.07 Å². The summed E-state index contributed by atoms with van der Waals surface area (Å²) in [6.07, 6.45) is 0.420. The van der Waals surface area contributed by atoms with Crippen molar-refractivity contribution in [3.05, 3.63) is 23.8 Å². The molecule has 1 unspecified atom stereocenters. The molecule has 1 heterocycles. The molecule has 0 spiro atoms. The van der Waals surface area contributed by atoms with Crippen LogP contribution in [0.15, 0.2) is 18.2 Å². The highest BCUT2D eigenvalue weighted by Crippen LogP contribution is 2.32. The number of methoxy groups -OCH3 is 1. The molecular weight excluding hydrogens is 210 g/mol. The minimum Gasteiger partial charge on any atom is -0.468 e. The highest BCUT2D eigenvalue weighted by molar-refractivity contribution is 5.75. The Bertz CT molecular complexity index is 405. The predicted octanol–water partition coefficient (Wildman–Crippen LogP) is 0.458. The Morgan fingerprint density at radius 2 is 2.25 bits per heavy atom. The topological polar surface area (TPSA) is 70.8 Å². The molecule has 5 nitrogen and oxygen atoms in total. The predicted molar refractivity (Wildman–Crippen MR) is 56.3 cm³/mol. The Morgan fingerprint density at radius 3 is 3.00 bits per heavy atom. The normalized spacial score (nSPS) is 14.6. The molecule has 0 amide bonds. The number of esters is 1. The monoisotopic (exact) mass is 223 g/mol. The first-order valence-corrected chi connectivity index (χ1v) is 4.92. The molecular formula is C11H13NO4. The third-order valence-corrected chi connectivity index (χ3v) is 2.40. The number of benzene rings is 1. The largest absolute Gasteiger partial charge is 0.468 e. The van der Waals surface area contributed by atoms with Crippen LogP contribution in [-0.2, 0) is 16.0 Å². The van der Waals surface area contributed by atoms with Gasteiger partial charge in [-0.25, -0.2) is 0 Å². The summed E-state index contributed by atoms with van der Waals surface area (Å²) in [7, 11) is 1.32. The van der Waals surface area contributed by atoms with Gasteiger partial charge in [0.05, 0.1) is 7.11 Å². The van der Waals surface area contributed by atoms with Gasteiger partial charge < -0.3 is 19.9 Å². The smallest absolute Gasteiger partial charge is 0.322 e.